The summed E-state index contributed by atoms with van der Waals surface area (Å²) in [5, 5.41) is 14.5. The van der Waals surface area contributed by atoms with Crippen LogP contribution in [0.15, 0.2) is 165 Å². The number of para-hydroxylation sites is 1. The summed E-state index contributed by atoms with van der Waals surface area (Å²) in [6.07, 6.45) is -0.545. The second-order valence-corrected chi connectivity index (χ2v) is 14.2. The molecule has 2 N–H and O–H groups in total. The van der Waals surface area contributed by atoms with E-state index < -0.39 is 0 Å². The maximum Gasteiger partial charge on any atom is 0.136 e. The Kier molecular flexibility index (Phi) is 6.26. The number of rotatable bonds is 4. The van der Waals surface area contributed by atoms with E-state index >= 15 is 0 Å². The fraction of sp³-hybridized carbons (Fsp3) is 0.0444. The van der Waals surface area contributed by atoms with E-state index in [2.05, 4.69) is 126 Å². The predicted molar refractivity (Wildman–Crippen MR) is 210 cm³/mol. The van der Waals surface area contributed by atoms with Crippen molar-refractivity contribution in [3.05, 3.63) is 168 Å². The van der Waals surface area contributed by atoms with Gasteiger partial charge in [-0.2, -0.15) is 0 Å². The van der Waals surface area contributed by atoms with E-state index in [4.69, 9.17) is 13.8 Å². The molecule has 1 aliphatic heterocycles. The van der Waals surface area contributed by atoms with Gasteiger partial charge in [-0.15, -0.1) is 11.3 Å². The third-order valence-electron chi connectivity index (χ3n) is 10.2. The number of nitrogens with one attached hydrogen (secondary N) is 2. The van der Waals surface area contributed by atoms with Gasteiger partial charge in [0.25, 0.3) is 0 Å². The van der Waals surface area contributed by atoms with Gasteiger partial charge >= 0.3 is 0 Å². The van der Waals surface area contributed by atoms with Gasteiger partial charge in [0.15, 0.2) is 0 Å². The number of amidine groups is 1. The molecule has 5 nitrogen and oxygen atoms in total. The molecule has 11 rings (SSSR count). The summed E-state index contributed by atoms with van der Waals surface area (Å²) in [4.78, 5) is 5.22. The standard InChI is InChI=1S/C45H29N3O2S/c1-2-10-26(11-3-1)43-46-44(48-45(47-43)35-16-9-18-37-41(35)34-13-4-6-17-36(34)49-37)28-21-23-31-30-22-20-27(24-38(30)50-39(31)25-28)29-14-8-15-33-32-12-5-7-19-40(32)51-42(29)33/h1-25,44-45,48H,(H,46,47). The Labute approximate surface area is 296 Å². The number of thiophene rings is 1. The largest absolute Gasteiger partial charge is 0.456 e. The van der Waals surface area contributed by atoms with Crippen LogP contribution in [-0.4, -0.2) is 5.84 Å². The molecule has 0 radical (unpaired) electrons. The summed E-state index contributed by atoms with van der Waals surface area (Å²) in [5.74, 6) is 0.832. The zero-order chi connectivity index (χ0) is 33.5. The summed E-state index contributed by atoms with van der Waals surface area (Å²) in [5.41, 5.74) is 9.01. The predicted octanol–water partition coefficient (Wildman–Crippen LogP) is 11.9. The molecule has 51 heavy (non-hydrogen) atoms. The highest BCUT2D eigenvalue weighted by Crippen LogP contribution is 2.42. The smallest absolute Gasteiger partial charge is 0.136 e. The molecule has 0 fully saturated rings. The van der Waals surface area contributed by atoms with Crippen LogP contribution in [0.5, 0.6) is 0 Å². The van der Waals surface area contributed by atoms with Crippen molar-refractivity contribution in [2.75, 3.05) is 0 Å². The minimum absolute atomic E-state index is 0.224. The minimum atomic E-state index is -0.321. The van der Waals surface area contributed by atoms with Crippen LogP contribution in [0.3, 0.4) is 0 Å². The molecule has 6 heteroatoms. The van der Waals surface area contributed by atoms with Gasteiger partial charge in [-0.1, -0.05) is 115 Å². The molecule has 242 valence electrons. The summed E-state index contributed by atoms with van der Waals surface area (Å²) < 4.78 is 15.5. The maximum atomic E-state index is 6.63. The van der Waals surface area contributed by atoms with Crippen molar-refractivity contribution in [3.63, 3.8) is 0 Å². The number of furan rings is 2. The SMILES string of the molecule is c1ccc(C2=NC(c3ccc4c(c3)oc3cc(-c5cccc6c5sc5ccccc56)ccc34)NC(c3cccc4oc5ccccc5c34)N2)cc1. The van der Waals surface area contributed by atoms with Crippen molar-refractivity contribution in [2.24, 2.45) is 4.99 Å². The first kappa shape index (κ1) is 28.6. The summed E-state index contributed by atoms with van der Waals surface area (Å²) in [6, 6.07) is 53.1. The van der Waals surface area contributed by atoms with Crippen LogP contribution < -0.4 is 10.6 Å². The van der Waals surface area contributed by atoms with Gasteiger partial charge in [0.1, 0.15) is 40.5 Å². The number of hydrogen-bond acceptors (Lipinski definition) is 6. The fourth-order valence-electron chi connectivity index (χ4n) is 7.78. The van der Waals surface area contributed by atoms with E-state index in [9.17, 15) is 0 Å². The summed E-state index contributed by atoms with van der Waals surface area (Å²) in [6.45, 7) is 0. The lowest BCUT2D eigenvalue weighted by Gasteiger charge is -2.32. The second-order valence-electron chi connectivity index (χ2n) is 13.2. The van der Waals surface area contributed by atoms with Crippen molar-refractivity contribution in [2.45, 2.75) is 12.3 Å². The highest BCUT2D eigenvalue weighted by atomic mass is 32.1. The molecular weight excluding hydrogens is 647 g/mol. The van der Waals surface area contributed by atoms with Gasteiger partial charge in [-0.3, -0.25) is 5.32 Å². The number of nitrogens with zero attached hydrogens (tertiary/aromatic N) is 1. The summed E-state index contributed by atoms with van der Waals surface area (Å²) in [7, 11) is 0. The molecule has 0 spiro atoms. The lowest BCUT2D eigenvalue weighted by Crippen LogP contribution is -2.45. The normalized spacial score (nSPS) is 16.4. The number of aliphatic imine (C=N–C) groups is 1. The van der Waals surface area contributed by atoms with E-state index in [0.29, 0.717) is 0 Å². The molecule has 7 aromatic carbocycles. The monoisotopic (exact) mass is 675 g/mol. The molecule has 2 unspecified atom stereocenters. The summed E-state index contributed by atoms with van der Waals surface area (Å²) >= 11 is 1.85. The fourth-order valence-corrected chi connectivity index (χ4v) is 9.02. The second kappa shape index (κ2) is 11.2. The lowest BCUT2D eigenvalue weighted by atomic mass is 10.0. The van der Waals surface area contributed by atoms with Crippen molar-refractivity contribution in [3.8, 4) is 11.1 Å². The molecule has 0 bridgehead atoms. The minimum Gasteiger partial charge on any atom is -0.456 e. The van der Waals surface area contributed by atoms with Gasteiger partial charge in [0.2, 0.25) is 0 Å². The van der Waals surface area contributed by atoms with Crippen LogP contribution >= 0.6 is 11.3 Å². The number of benzene rings is 7. The van der Waals surface area contributed by atoms with Crippen molar-refractivity contribution in [1.82, 2.24) is 10.6 Å². The van der Waals surface area contributed by atoms with Crippen LogP contribution in [0.25, 0.3) is 75.2 Å². The van der Waals surface area contributed by atoms with Crippen molar-refractivity contribution < 1.29 is 8.83 Å². The zero-order valence-electron chi connectivity index (χ0n) is 27.3. The zero-order valence-corrected chi connectivity index (χ0v) is 28.1. The van der Waals surface area contributed by atoms with Crippen LogP contribution in [-0.2, 0) is 0 Å². The van der Waals surface area contributed by atoms with Crippen molar-refractivity contribution >= 4 is 81.2 Å². The first-order chi connectivity index (χ1) is 25.2. The number of fused-ring (bicyclic) bond motifs is 9. The molecule has 0 saturated carbocycles. The van der Waals surface area contributed by atoms with E-state index in [0.717, 1.165) is 72.0 Å². The molecule has 3 aromatic heterocycles. The molecule has 0 amide bonds. The van der Waals surface area contributed by atoms with E-state index in [-0.39, 0.29) is 12.3 Å². The van der Waals surface area contributed by atoms with Gasteiger partial charge in [0.05, 0.1) is 0 Å². The Morgan fingerprint density at radius 3 is 2.18 bits per heavy atom. The molecule has 0 saturated heterocycles. The number of hydrogen-bond donors (Lipinski definition) is 2. The Morgan fingerprint density at radius 2 is 1.25 bits per heavy atom. The Balaban J connectivity index is 1.01. The van der Waals surface area contributed by atoms with Crippen LogP contribution in [0.2, 0.25) is 0 Å². The van der Waals surface area contributed by atoms with E-state index in [1.54, 1.807) is 0 Å². The molecule has 10 aromatic rings. The van der Waals surface area contributed by atoms with Crippen LogP contribution in [0.1, 0.15) is 29.0 Å². The highest BCUT2D eigenvalue weighted by molar-refractivity contribution is 7.26. The molecule has 2 atom stereocenters. The average molecular weight is 676 g/mol. The quantitative estimate of drug-likeness (QED) is 0.195. The maximum absolute atomic E-state index is 6.63. The third-order valence-corrected chi connectivity index (χ3v) is 11.4. The van der Waals surface area contributed by atoms with E-state index in [1.165, 1.54) is 25.7 Å². The van der Waals surface area contributed by atoms with Crippen LogP contribution in [0, 0.1) is 0 Å². The van der Waals surface area contributed by atoms with Gasteiger partial charge in [-0.25, -0.2) is 4.99 Å². The topological polar surface area (TPSA) is 62.7 Å². The highest BCUT2D eigenvalue weighted by Gasteiger charge is 2.28. The Hall–Kier alpha value is -6.21. The average Bonchev–Trinajstić information content (AvgIpc) is 3.88. The van der Waals surface area contributed by atoms with Crippen molar-refractivity contribution in [1.29, 1.82) is 0 Å². The molecular formula is C45H29N3O2S. The third kappa shape index (κ3) is 4.54. The van der Waals surface area contributed by atoms with E-state index in [1.807, 2.05) is 47.7 Å². The molecule has 1 aliphatic rings. The van der Waals surface area contributed by atoms with Crippen LogP contribution in [0.4, 0.5) is 0 Å². The Morgan fingerprint density at radius 1 is 0.529 bits per heavy atom. The Bertz CT molecular complexity index is 3010. The van der Waals surface area contributed by atoms with Gasteiger partial charge in [-0.05, 0) is 53.1 Å². The lowest BCUT2D eigenvalue weighted by molar-refractivity contribution is 0.411. The van der Waals surface area contributed by atoms with Gasteiger partial charge < -0.3 is 14.2 Å². The first-order valence-electron chi connectivity index (χ1n) is 17.2. The first-order valence-corrected chi connectivity index (χ1v) is 18.0. The van der Waals surface area contributed by atoms with Gasteiger partial charge in [0, 0.05) is 52.8 Å². The molecule has 0 aliphatic carbocycles. The molecule has 4 heterocycles.